The third-order valence-corrected chi connectivity index (χ3v) is 7.88. The van der Waals surface area contributed by atoms with Crippen molar-refractivity contribution in [2.45, 2.75) is 50.6 Å². The van der Waals surface area contributed by atoms with E-state index in [4.69, 9.17) is 4.74 Å². The maximum atomic E-state index is 13.5. The van der Waals surface area contributed by atoms with Crippen LogP contribution in [0.2, 0.25) is 0 Å². The maximum Gasteiger partial charge on any atom is 0.306 e. The quantitative estimate of drug-likeness (QED) is 0.510. The number of likely N-dealkylation sites (tertiary alicyclic amines) is 1. The minimum atomic E-state index is -0.435. The van der Waals surface area contributed by atoms with Crippen molar-refractivity contribution in [2.75, 3.05) is 24.6 Å². The van der Waals surface area contributed by atoms with Crippen LogP contribution in [0.1, 0.15) is 54.8 Å². The molecule has 5 heteroatoms. The fraction of sp³-hybridized carbons (Fsp3) is 0.379. The molecule has 2 heterocycles. The van der Waals surface area contributed by atoms with Crippen molar-refractivity contribution in [1.82, 2.24) is 4.90 Å². The van der Waals surface area contributed by atoms with Gasteiger partial charge in [0.25, 0.3) is 0 Å². The van der Waals surface area contributed by atoms with Crippen molar-refractivity contribution in [3.63, 3.8) is 0 Å². The number of benzene rings is 3. The molecule has 1 fully saturated rings. The van der Waals surface area contributed by atoms with Gasteiger partial charge in [-0.15, -0.1) is 0 Å². The monoisotopic (exact) mass is 454 g/mol. The molecule has 2 atom stereocenters. The number of anilines is 1. The van der Waals surface area contributed by atoms with Gasteiger partial charge in [-0.25, -0.2) is 0 Å². The fourth-order valence-corrected chi connectivity index (χ4v) is 6.38. The first-order valence-corrected chi connectivity index (χ1v) is 12.5. The summed E-state index contributed by atoms with van der Waals surface area (Å²) < 4.78 is 5.15. The molecule has 2 unspecified atom stereocenters. The first kappa shape index (κ1) is 21.4. The van der Waals surface area contributed by atoms with Gasteiger partial charge in [-0.2, -0.15) is 0 Å². The van der Waals surface area contributed by atoms with Gasteiger partial charge >= 0.3 is 5.97 Å². The Morgan fingerprint density at radius 2 is 1.71 bits per heavy atom. The molecule has 174 valence electrons. The number of rotatable bonds is 5. The topological polar surface area (TPSA) is 49.9 Å². The van der Waals surface area contributed by atoms with E-state index in [0.29, 0.717) is 12.6 Å². The molecule has 2 aliphatic heterocycles. The van der Waals surface area contributed by atoms with E-state index in [1.165, 1.54) is 21.9 Å². The van der Waals surface area contributed by atoms with Crippen molar-refractivity contribution < 1.29 is 14.3 Å². The lowest BCUT2D eigenvalue weighted by molar-refractivity contribution is -0.144. The van der Waals surface area contributed by atoms with Crippen molar-refractivity contribution in [3.8, 4) is 0 Å². The summed E-state index contributed by atoms with van der Waals surface area (Å²) in [7, 11) is 0. The van der Waals surface area contributed by atoms with E-state index >= 15 is 0 Å². The smallest absolute Gasteiger partial charge is 0.306 e. The second-order valence-electron chi connectivity index (χ2n) is 9.68. The zero-order valence-corrected chi connectivity index (χ0v) is 19.6. The molecule has 0 aromatic heterocycles. The summed E-state index contributed by atoms with van der Waals surface area (Å²) in [5, 5.41) is 2.77. The molecule has 0 saturated carbocycles. The van der Waals surface area contributed by atoms with Gasteiger partial charge in [0.05, 0.1) is 18.9 Å². The highest BCUT2D eigenvalue weighted by molar-refractivity contribution is 6.07. The van der Waals surface area contributed by atoms with Gasteiger partial charge in [0.2, 0.25) is 5.91 Å². The molecular weight excluding hydrogens is 424 g/mol. The Bertz CT molecular complexity index is 1260. The zero-order chi connectivity index (χ0) is 23.2. The van der Waals surface area contributed by atoms with Gasteiger partial charge in [0, 0.05) is 30.9 Å². The van der Waals surface area contributed by atoms with Gasteiger partial charge in [-0.1, -0.05) is 54.6 Å². The lowest BCUT2D eigenvalue weighted by atomic mass is 9.97. The molecule has 3 aromatic rings. The van der Waals surface area contributed by atoms with Crippen LogP contribution in [0.5, 0.6) is 0 Å². The molecule has 0 bridgehead atoms. The number of hydrogen-bond acceptors (Lipinski definition) is 4. The van der Waals surface area contributed by atoms with Crippen LogP contribution in [0, 0.1) is 0 Å². The number of carbonyl (C=O) groups is 2. The summed E-state index contributed by atoms with van der Waals surface area (Å²) in [5.74, 6) is -0.691. The van der Waals surface area contributed by atoms with Crippen molar-refractivity contribution in [3.05, 3.63) is 77.4 Å². The second-order valence-corrected chi connectivity index (χ2v) is 9.68. The first-order valence-electron chi connectivity index (χ1n) is 12.5. The lowest BCUT2D eigenvalue weighted by Gasteiger charge is -2.40. The Morgan fingerprint density at radius 1 is 0.971 bits per heavy atom. The molecule has 5 nitrogen and oxygen atoms in total. The number of fused-ring (bicyclic) bond motifs is 1. The SMILES string of the molecule is CCOC(=O)CC1C(=O)N(C2CCN(C3Cc4cccc5cccc3c45)CC2)c2ccccc21. The minimum absolute atomic E-state index is 0.0470. The Morgan fingerprint density at radius 3 is 2.50 bits per heavy atom. The number of amides is 1. The molecule has 0 radical (unpaired) electrons. The number of carbonyl (C=O) groups excluding carboxylic acids is 2. The van der Waals surface area contributed by atoms with Crippen LogP contribution in [0.25, 0.3) is 10.8 Å². The largest absolute Gasteiger partial charge is 0.466 e. The standard InChI is InChI=1S/C29H30N2O3/c1-2-34-27(32)18-24-22-10-3-4-12-25(22)31(29(24)33)21-13-15-30(16-14-21)26-17-20-9-5-7-19-8-6-11-23(26)28(19)20/h3-12,21,24,26H,2,13-18H2,1H3. The van der Waals surface area contributed by atoms with Crippen LogP contribution in [0.4, 0.5) is 5.69 Å². The van der Waals surface area contributed by atoms with E-state index in [-0.39, 0.29) is 24.3 Å². The minimum Gasteiger partial charge on any atom is -0.466 e. The summed E-state index contributed by atoms with van der Waals surface area (Å²) in [5.41, 5.74) is 4.83. The van der Waals surface area contributed by atoms with Gasteiger partial charge in [-0.3, -0.25) is 14.5 Å². The molecule has 0 N–H and O–H groups in total. The average molecular weight is 455 g/mol. The van der Waals surface area contributed by atoms with Crippen LogP contribution in [0.3, 0.4) is 0 Å². The Labute approximate surface area is 200 Å². The van der Waals surface area contributed by atoms with E-state index in [0.717, 1.165) is 43.6 Å². The van der Waals surface area contributed by atoms with E-state index in [1.807, 2.05) is 29.2 Å². The highest BCUT2D eigenvalue weighted by Crippen LogP contribution is 2.44. The summed E-state index contributed by atoms with van der Waals surface area (Å²) in [6, 6.07) is 21.8. The molecular formula is C29H30N2O3. The van der Waals surface area contributed by atoms with Crippen LogP contribution in [-0.4, -0.2) is 42.5 Å². The predicted molar refractivity (Wildman–Crippen MR) is 133 cm³/mol. The normalized spacial score (nSPS) is 22.4. The van der Waals surface area contributed by atoms with Crippen molar-refractivity contribution in [2.24, 2.45) is 0 Å². The predicted octanol–water partition coefficient (Wildman–Crippen LogP) is 4.99. The number of piperidine rings is 1. The number of esters is 1. The van der Waals surface area contributed by atoms with E-state index in [9.17, 15) is 9.59 Å². The first-order chi connectivity index (χ1) is 16.7. The van der Waals surface area contributed by atoms with Gasteiger partial charge < -0.3 is 9.64 Å². The Kier molecular flexibility index (Phi) is 5.37. The van der Waals surface area contributed by atoms with Crippen LogP contribution in [0.15, 0.2) is 60.7 Å². The number of ether oxygens (including phenoxy) is 1. The van der Waals surface area contributed by atoms with Crippen molar-refractivity contribution in [1.29, 1.82) is 0 Å². The van der Waals surface area contributed by atoms with E-state index in [2.05, 4.69) is 41.3 Å². The molecule has 1 aliphatic carbocycles. The lowest BCUT2D eigenvalue weighted by Crippen LogP contribution is -2.47. The highest BCUT2D eigenvalue weighted by Gasteiger charge is 2.43. The zero-order valence-electron chi connectivity index (χ0n) is 19.6. The van der Waals surface area contributed by atoms with Gasteiger partial charge in [-0.05, 0) is 59.7 Å². The van der Waals surface area contributed by atoms with E-state index in [1.54, 1.807) is 6.92 Å². The third kappa shape index (κ3) is 3.41. The van der Waals surface area contributed by atoms with Gasteiger partial charge in [0.15, 0.2) is 0 Å². The molecule has 3 aliphatic rings. The molecule has 3 aromatic carbocycles. The van der Waals surface area contributed by atoms with Crippen LogP contribution < -0.4 is 4.90 Å². The molecule has 1 amide bonds. The summed E-state index contributed by atoms with van der Waals surface area (Å²) >= 11 is 0. The van der Waals surface area contributed by atoms with Crippen molar-refractivity contribution >= 4 is 28.3 Å². The third-order valence-electron chi connectivity index (χ3n) is 7.88. The van der Waals surface area contributed by atoms with Crippen LogP contribution in [-0.2, 0) is 20.7 Å². The molecule has 0 spiro atoms. The number of nitrogens with zero attached hydrogens (tertiary/aromatic N) is 2. The molecule has 34 heavy (non-hydrogen) atoms. The van der Waals surface area contributed by atoms with Crippen LogP contribution >= 0.6 is 0 Å². The second kappa shape index (κ2) is 8.55. The highest BCUT2D eigenvalue weighted by atomic mass is 16.5. The summed E-state index contributed by atoms with van der Waals surface area (Å²) in [4.78, 5) is 30.3. The maximum absolute atomic E-state index is 13.5. The molecule has 6 rings (SSSR count). The van der Waals surface area contributed by atoms with Gasteiger partial charge in [0.1, 0.15) is 0 Å². The summed E-state index contributed by atoms with van der Waals surface area (Å²) in [6.07, 6.45) is 3.06. The van der Waals surface area contributed by atoms with E-state index < -0.39 is 5.92 Å². The summed E-state index contributed by atoms with van der Waals surface area (Å²) in [6.45, 7) is 4.07. The number of hydrogen-bond donors (Lipinski definition) is 0. The Hall–Kier alpha value is -3.18. The fourth-order valence-electron chi connectivity index (χ4n) is 6.38. The Balaban J connectivity index is 1.19. The molecule has 1 saturated heterocycles. The number of para-hydroxylation sites is 1. The average Bonchev–Trinajstić information content (AvgIpc) is 3.37.